The lowest BCUT2D eigenvalue weighted by atomic mass is 10.0. The van der Waals surface area contributed by atoms with Crippen LogP contribution in [0.3, 0.4) is 0 Å². The largest absolute Gasteiger partial charge is 0.375 e. The lowest BCUT2D eigenvalue weighted by Gasteiger charge is -2.25. The van der Waals surface area contributed by atoms with Gasteiger partial charge in [-0.2, -0.15) is 0 Å². The molecular formula is C15H26N2. The van der Waals surface area contributed by atoms with Crippen molar-refractivity contribution >= 4 is 5.69 Å². The van der Waals surface area contributed by atoms with E-state index in [9.17, 15) is 0 Å². The highest BCUT2D eigenvalue weighted by Crippen LogP contribution is 2.16. The minimum absolute atomic E-state index is 0.0869. The summed E-state index contributed by atoms with van der Waals surface area (Å²) >= 11 is 0. The Hall–Kier alpha value is -1.02. The van der Waals surface area contributed by atoms with E-state index < -0.39 is 0 Å². The van der Waals surface area contributed by atoms with E-state index in [1.807, 2.05) is 0 Å². The van der Waals surface area contributed by atoms with Crippen molar-refractivity contribution in [3.05, 3.63) is 29.8 Å². The molecule has 17 heavy (non-hydrogen) atoms. The molecule has 0 aliphatic carbocycles. The molecule has 0 aromatic heterocycles. The van der Waals surface area contributed by atoms with E-state index >= 15 is 0 Å². The number of nitrogens with zero attached hydrogens (tertiary/aromatic N) is 1. The molecule has 0 saturated carbocycles. The highest BCUT2D eigenvalue weighted by Gasteiger charge is 2.11. The average Bonchev–Trinajstić information content (AvgIpc) is 2.26. The molecule has 2 N–H and O–H groups in total. The number of rotatable bonds is 6. The zero-order valence-corrected chi connectivity index (χ0v) is 11.7. The second-order valence-corrected chi connectivity index (χ2v) is 5.58. The molecule has 2 heteroatoms. The van der Waals surface area contributed by atoms with Crippen molar-refractivity contribution in [2.24, 2.45) is 5.73 Å². The second-order valence-electron chi connectivity index (χ2n) is 5.58. The summed E-state index contributed by atoms with van der Waals surface area (Å²) in [4.78, 5) is 2.27. The molecule has 0 atom stereocenters. The maximum atomic E-state index is 6.00. The first-order chi connectivity index (χ1) is 7.92. The molecule has 96 valence electrons. The van der Waals surface area contributed by atoms with Crippen LogP contribution in [0.2, 0.25) is 0 Å². The Morgan fingerprint density at radius 3 is 2.24 bits per heavy atom. The third-order valence-electron chi connectivity index (χ3n) is 3.01. The van der Waals surface area contributed by atoms with Gasteiger partial charge in [0, 0.05) is 24.8 Å². The first-order valence-electron chi connectivity index (χ1n) is 6.51. The summed E-state index contributed by atoms with van der Waals surface area (Å²) in [5.41, 5.74) is 8.60. The van der Waals surface area contributed by atoms with Crippen LogP contribution in [0.4, 0.5) is 5.69 Å². The van der Waals surface area contributed by atoms with E-state index in [1.54, 1.807) is 0 Å². The number of hydrogen-bond acceptors (Lipinski definition) is 2. The standard InChI is InChI=1S/C15H26N2/c1-5-6-13-7-9-14(10-8-13)17(4)12-11-15(2,3)16/h7-10H,5-6,11-12,16H2,1-4H3. The fourth-order valence-corrected chi connectivity index (χ4v) is 1.79. The van der Waals surface area contributed by atoms with Gasteiger partial charge < -0.3 is 10.6 Å². The van der Waals surface area contributed by atoms with Crippen LogP contribution in [0.5, 0.6) is 0 Å². The zero-order chi connectivity index (χ0) is 12.9. The summed E-state index contributed by atoms with van der Waals surface area (Å²) in [6.45, 7) is 7.36. The first-order valence-corrected chi connectivity index (χ1v) is 6.51. The van der Waals surface area contributed by atoms with Gasteiger partial charge in [0.2, 0.25) is 0 Å². The van der Waals surface area contributed by atoms with E-state index in [2.05, 4.69) is 57.0 Å². The van der Waals surface area contributed by atoms with Gasteiger partial charge in [0.15, 0.2) is 0 Å². The quantitative estimate of drug-likeness (QED) is 0.819. The third kappa shape index (κ3) is 5.22. The van der Waals surface area contributed by atoms with Gasteiger partial charge >= 0.3 is 0 Å². The molecule has 1 rings (SSSR count). The molecule has 0 radical (unpaired) electrons. The van der Waals surface area contributed by atoms with Gasteiger partial charge in [-0.25, -0.2) is 0 Å². The van der Waals surface area contributed by atoms with E-state index in [-0.39, 0.29) is 5.54 Å². The summed E-state index contributed by atoms with van der Waals surface area (Å²) in [7, 11) is 2.13. The fraction of sp³-hybridized carbons (Fsp3) is 0.600. The Morgan fingerprint density at radius 1 is 1.18 bits per heavy atom. The highest BCUT2D eigenvalue weighted by atomic mass is 15.1. The summed E-state index contributed by atoms with van der Waals surface area (Å²) in [6.07, 6.45) is 3.37. The molecule has 0 heterocycles. The molecule has 0 fully saturated rings. The van der Waals surface area contributed by atoms with Gasteiger partial charge in [-0.15, -0.1) is 0 Å². The van der Waals surface area contributed by atoms with Gasteiger partial charge in [0.05, 0.1) is 0 Å². The van der Waals surface area contributed by atoms with Crippen LogP contribution < -0.4 is 10.6 Å². The molecule has 1 aromatic carbocycles. The van der Waals surface area contributed by atoms with Crippen LogP contribution in [-0.2, 0) is 6.42 Å². The van der Waals surface area contributed by atoms with Gasteiger partial charge in [-0.05, 0) is 44.4 Å². The van der Waals surface area contributed by atoms with E-state index in [4.69, 9.17) is 5.73 Å². The molecule has 2 nitrogen and oxygen atoms in total. The van der Waals surface area contributed by atoms with Gasteiger partial charge in [0.25, 0.3) is 0 Å². The van der Waals surface area contributed by atoms with Crippen molar-refractivity contribution in [2.45, 2.75) is 45.6 Å². The smallest absolute Gasteiger partial charge is 0.0363 e. The van der Waals surface area contributed by atoms with E-state index in [1.165, 1.54) is 24.1 Å². The Morgan fingerprint density at radius 2 is 1.76 bits per heavy atom. The summed E-state index contributed by atoms with van der Waals surface area (Å²) < 4.78 is 0. The number of benzene rings is 1. The first kappa shape index (κ1) is 14.0. The Bertz CT molecular complexity index is 322. The minimum atomic E-state index is -0.0869. The fourth-order valence-electron chi connectivity index (χ4n) is 1.79. The monoisotopic (exact) mass is 234 g/mol. The van der Waals surface area contributed by atoms with Crippen LogP contribution in [-0.4, -0.2) is 19.1 Å². The topological polar surface area (TPSA) is 29.3 Å². The van der Waals surface area contributed by atoms with Crippen molar-refractivity contribution in [1.29, 1.82) is 0 Å². The average molecular weight is 234 g/mol. The second kappa shape index (κ2) is 6.06. The number of anilines is 1. The third-order valence-corrected chi connectivity index (χ3v) is 3.01. The van der Waals surface area contributed by atoms with Crippen LogP contribution in [0.15, 0.2) is 24.3 Å². The normalized spacial score (nSPS) is 11.6. The Balaban J connectivity index is 2.54. The maximum Gasteiger partial charge on any atom is 0.0363 e. The zero-order valence-electron chi connectivity index (χ0n) is 11.7. The molecule has 0 amide bonds. The molecule has 1 aromatic rings. The van der Waals surface area contributed by atoms with Crippen LogP contribution in [0.25, 0.3) is 0 Å². The molecule has 0 bridgehead atoms. The van der Waals surface area contributed by atoms with Crippen molar-refractivity contribution in [1.82, 2.24) is 0 Å². The van der Waals surface area contributed by atoms with Crippen LogP contribution in [0.1, 0.15) is 39.2 Å². The van der Waals surface area contributed by atoms with Gasteiger partial charge in [-0.3, -0.25) is 0 Å². The van der Waals surface area contributed by atoms with E-state index in [0.29, 0.717) is 0 Å². The SMILES string of the molecule is CCCc1ccc(N(C)CCC(C)(C)N)cc1. The van der Waals surface area contributed by atoms with Gasteiger partial charge in [0.1, 0.15) is 0 Å². The number of nitrogens with two attached hydrogens (primary N) is 1. The molecule has 0 saturated heterocycles. The lowest BCUT2D eigenvalue weighted by molar-refractivity contribution is 0.479. The van der Waals surface area contributed by atoms with Crippen LogP contribution >= 0.6 is 0 Å². The van der Waals surface area contributed by atoms with Crippen molar-refractivity contribution in [3.8, 4) is 0 Å². The minimum Gasteiger partial charge on any atom is -0.375 e. The summed E-state index contributed by atoms with van der Waals surface area (Å²) in [6, 6.07) is 8.86. The Kier molecular flexibility index (Phi) is 5.01. The molecule has 0 aliphatic rings. The number of hydrogen-bond donors (Lipinski definition) is 1. The van der Waals surface area contributed by atoms with Crippen molar-refractivity contribution in [3.63, 3.8) is 0 Å². The van der Waals surface area contributed by atoms with Crippen molar-refractivity contribution in [2.75, 3.05) is 18.5 Å². The predicted molar refractivity (Wildman–Crippen MR) is 76.6 cm³/mol. The highest BCUT2D eigenvalue weighted by molar-refractivity contribution is 5.46. The molecule has 0 unspecified atom stereocenters. The summed E-state index contributed by atoms with van der Waals surface area (Å²) in [5.74, 6) is 0. The maximum absolute atomic E-state index is 6.00. The molecular weight excluding hydrogens is 208 g/mol. The van der Waals surface area contributed by atoms with E-state index in [0.717, 1.165) is 13.0 Å². The Labute approximate surface area is 106 Å². The van der Waals surface area contributed by atoms with Crippen LogP contribution in [0, 0.1) is 0 Å². The molecule has 0 spiro atoms. The predicted octanol–water partition coefficient (Wildman–Crippen LogP) is 3.20. The molecule has 0 aliphatic heterocycles. The number of aryl methyl sites for hydroxylation is 1. The van der Waals surface area contributed by atoms with Gasteiger partial charge in [-0.1, -0.05) is 25.5 Å². The summed E-state index contributed by atoms with van der Waals surface area (Å²) in [5, 5.41) is 0. The van der Waals surface area contributed by atoms with Crippen molar-refractivity contribution < 1.29 is 0 Å². The lowest BCUT2D eigenvalue weighted by Crippen LogP contribution is -2.36.